The van der Waals surface area contributed by atoms with E-state index < -0.39 is 38.9 Å². The second-order valence-electron chi connectivity index (χ2n) is 16.0. The van der Waals surface area contributed by atoms with Gasteiger partial charge in [0, 0.05) is 32.2 Å². The van der Waals surface area contributed by atoms with E-state index in [2.05, 4.69) is 0 Å². The van der Waals surface area contributed by atoms with Crippen LogP contribution in [0.4, 0.5) is 4.79 Å². The lowest BCUT2D eigenvalue weighted by Crippen LogP contribution is -2.57. The zero-order chi connectivity index (χ0) is 46.2. The number of ketones is 1. The second kappa shape index (κ2) is 21.1. The van der Waals surface area contributed by atoms with Gasteiger partial charge in [0.2, 0.25) is 5.91 Å². The lowest BCUT2D eigenvalue weighted by Gasteiger charge is -2.41. The number of thioether (sulfide) groups is 2. The SMILES string of the molecule is [B]OC(=O)[C@@]1(SCCN(C)N(C(=O)OC(C)(C)C)C(=O)c2ccc(OCc3ccc(OC)cc3)c(OCc3ccc(OC)cc3)c2Cl)CN2C(=O)[C@@H](CC(=O)Cc3ccccc3)[C@H]2S1. The third-order valence-electron chi connectivity index (χ3n) is 10.3. The molecule has 2 aliphatic heterocycles. The summed E-state index contributed by atoms with van der Waals surface area (Å²) in [6.07, 6.45) is -0.758. The normalized spacial score (nSPS) is 17.8. The molecule has 0 aromatic heterocycles. The molecular formula is C46H49BClN3O11S2. The molecule has 18 heteroatoms. The third kappa shape index (κ3) is 11.5. The average molecular weight is 930 g/mol. The number of rotatable bonds is 19. The molecule has 0 saturated carbocycles. The van der Waals surface area contributed by atoms with E-state index in [0.29, 0.717) is 11.5 Å². The fourth-order valence-electron chi connectivity index (χ4n) is 6.99. The summed E-state index contributed by atoms with van der Waals surface area (Å²) in [5.41, 5.74) is 1.38. The number of imide groups is 1. The Balaban J connectivity index is 1.20. The molecule has 64 heavy (non-hydrogen) atoms. The van der Waals surface area contributed by atoms with Crippen molar-refractivity contribution in [3.05, 3.63) is 118 Å². The molecule has 0 bridgehead atoms. The molecular weight excluding hydrogens is 881 g/mol. The van der Waals surface area contributed by atoms with E-state index in [1.807, 2.05) is 66.7 Å². The van der Waals surface area contributed by atoms with Gasteiger partial charge in [-0.15, -0.1) is 23.5 Å². The molecule has 2 saturated heterocycles. The number of methoxy groups -OCH3 is 2. The minimum absolute atomic E-state index is 0.00847. The second-order valence-corrected chi connectivity index (χ2v) is 19.4. The Hall–Kier alpha value is -5.36. The van der Waals surface area contributed by atoms with Gasteiger partial charge in [-0.2, -0.15) is 5.01 Å². The van der Waals surface area contributed by atoms with Gasteiger partial charge < -0.3 is 33.2 Å². The maximum Gasteiger partial charge on any atom is 0.432 e. The molecule has 336 valence electrons. The zero-order valence-corrected chi connectivity index (χ0v) is 38.8. The fraction of sp³-hybridized carbons (Fsp3) is 0.370. The summed E-state index contributed by atoms with van der Waals surface area (Å²) in [7, 11) is 10.1. The monoisotopic (exact) mass is 929 g/mol. The molecule has 2 fully saturated rings. The first-order valence-corrected chi connectivity index (χ1v) is 22.5. The number of hydrazine groups is 1. The van der Waals surface area contributed by atoms with Crippen molar-refractivity contribution < 1.29 is 52.3 Å². The first-order chi connectivity index (χ1) is 30.6. The highest BCUT2D eigenvalue weighted by molar-refractivity contribution is 8.20. The number of hydrogen-bond donors (Lipinski definition) is 0. The Labute approximate surface area is 387 Å². The van der Waals surface area contributed by atoms with Gasteiger partial charge in [0.1, 0.15) is 36.1 Å². The Morgan fingerprint density at radius 3 is 2.06 bits per heavy atom. The number of carbonyl (C=O) groups excluding carboxylic acids is 5. The number of fused-ring (bicyclic) bond motifs is 1. The maximum absolute atomic E-state index is 14.6. The van der Waals surface area contributed by atoms with Crippen LogP contribution in [0.2, 0.25) is 5.02 Å². The van der Waals surface area contributed by atoms with E-state index >= 15 is 0 Å². The van der Waals surface area contributed by atoms with Crippen LogP contribution in [-0.2, 0) is 43.4 Å². The molecule has 4 aromatic carbocycles. The van der Waals surface area contributed by atoms with Crippen molar-refractivity contribution in [3.8, 4) is 23.0 Å². The van der Waals surface area contributed by atoms with Crippen molar-refractivity contribution >= 4 is 72.8 Å². The van der Waals surface area contributed by atoms with Gasteiger partial charge in [-0.3, -0.25) is 19.2 Å². The predicted octanol–water partition coefficient (Wildman–Crippen LogP) is 7.53. The van der Waals surface area contributed by atoms with Crippen LogP contribution in [0.3, 0.4) is 0 Å². The largest absolute Gasteiger partial charge is 0.542 e. The molecule has 3 amide bonds. The van der Waals surface area contributed by atoms with E-state index in [0.717, 1.165) is 33.5 Å². The smallest absolute Gasteiger partial charge is 0.432 e. The standard InChI is InChI=1S/C46H49BClN3O11S2/c1-45(2,3)61-44(56)51(49(4)22-23-63-46(43(55)62-47)28-50-40(53)36(42(50)64-46)25-32(52)24-29-10-8-7-9-11-29)41(54)35-20-21-37(59-26-30-12-16-33(57-5)17-13-30)39(38(35)48)60-27-31-14-18-34(58-6)19-15-31/h7-21,36,42H,22-28H2,1-6H3/t36-,42-,46-/m1/s1. The van der Waals surface area contributed by atoms with Crippen LogP contribution < -0.4 is 18.9 Å². The quantitative estimate of drug-likeness (QED) is 0.0518. The lowest BCUT2D eigenvalue weighted by molar-refractivity contribution is -0.152. The van der Waals surface area contributed by atoms with Gasteiger partial charge in [0.05, 0.1) is 42.6 Å². The minimum Gasteiger partial charge on any atom is -0.542 e. The number of Topliss-reactive ketones (excluding diaryl/α,β-unsaturated/α-hetero) is 1. The fourth-order valence-corrected chi connectivity index (χ4v) is 10.6. The molecule has 2 radical (unpaired) electrons. The van der Waals surface area contributed by atoms with E-state index in [1.165, 1.54) is 29.9 Å². The molecule has 0 aliphatic carbocycles. The number of carbonyl (C=O) groups is 5. The summed E-state index contributed by atoms with van der Waals surface area (Å²) >= 11 is 9.40. The van der Waals surface area contributed by atoms with E-state index in [-0.39, 0.29) is 78.7 Å². The van der Waals surface area contributed by atoms with Gasteiger partial charge in [-0.1, -0.05) is 66.2 Å². The van der Waals surface area contributed by atoms with Gasteiger partial charge in [0.15, 0.2) is 15.6 Å². The van der Waals surface area contributed by atoms with Crippen LogP contribution in [0, 0.1) is 5.92 Å². The molecule has 2 heterocycles. The highest BCUT2D eigenvalue weighted by Gasteiger charge is 2.62. The summed E-state index contributed by atoms with van der Waals surface area (Å²) in [6.45, 7) is 5.21. The lowest BCUT2D eigenvalue weighted by atomic mass is 9.90. The topological polar surface area (TPSA) is 150 Å². The number of halogens is 1. The van der Waals surface area contributed by atoms with Crippen molar-refractivity contribution in [2.75, 3.05) is 40.1 Å². The summed E-state index contributed by atoms with van der Waals surface area (Å²) in [5.74, 6) is -0.692. The number of nitrogens with zero attached hydrogens (tertiary/aromatic N) is 3. The predicted molar refractivity (Wildman–Crippen MR) is 245 cm³/mol. The molecule has 6 rings (SSSR count). The summed E-state index contributed by atoms with van der Waals surface area (Å²) in [5, 5.41) is 1.64. The molecule has 4 aromatic rings. The number of hydrogen-bond acceptors (Lipinski definition) is 14. The molecule has 3 atom stereocenters. The Kier molecular flexibility index (Phi) is 15.9. The molecule has 2 aliphatic rings. The van der Waals surface area contributed by atoms with Crippen molar-refractivity contribution in [1.29, 1.82) is 0 Å². The number of ether oxygens (including phenoxy) is 5. The number of β-lactam (4-membered cyclic amide) rings is 1. The summed E-state index contributed by atoms with van der Waals surface area (Å²) < 4.78 is 32.1. The van der Waals surface area contributed by atoms with Crippen LogP contribution in [0.15, 0.2) is 91.0 Å². The maximum atomic E-state index is 14.6. The number of benzene rings is 4. The zero-order valence-electron chi connectivity index (χ0n) is 36.4. The van der Waals surface area contributed by atoms with E-state index in [9.17, 15) is 24.0 Å². The average Bonchev–Trinajstić information content (AvgIpc) is 3.63. The van der Waals surface area contributed by atoms with E-state index in [4.69, 9.17) is 48.0 Å². The van der Waals surface area contributed by atoms with Crippen molar-refractivity contribution in [2.45, 2.75) is 61.9 Å². The van der Waals surface area contributed by atoms with Crippen molar-refractivity contribution in [2.24, 2.45) is 5.92 Å². The van der Waals surface area contributed by atoms with Crippen LogP contribution in [-0.4, -0.2) is 108 Å². The molecule has 14 nitrogen and oxygen atoms in total. The molecule has 0 unspecified atom stereocenters. The van der Waals surface area contributed by atoms with Gasteiger partial charge in [-0.05, 0) is 73.9 Å². The van der Waals surface area contributed by atoms with Crippen molar-refractivity contribution in [1.82, 2.24) is 14.9 Å². The minimum atomic E-state index is -1.34. The summed E-state index contributed by atoms with van der Waals surface area (Å²) in [6, 6.07) is 26.8. The Morgan fingerprint density at radius 1 is 0.875 bits per heavy atom. The Morgan fingerprint density at radius 2 is 1.48 bits per heavy atom. The van der Waals surface area contributed by atoms with Crippen LogP contribution in [0.5, 0.6) is 23.0 Å². The van der Waals surface area contributed by atoms with Crippen LogP contribution in [0.25, 0.3) is 0 Å². The Bertz CT molecular complexity index is 2320. The first-order valence-electron chi connectivity index (χ1n) is 20.3. The number of amides is 3. The third-order valence-corrected chi connectivity index (χ3v) is 14.0. The highest BCUT2D eigenvalue weighted by Crippen LogP contribution is 2.55. The van der Waals surface area contributed by atoms with Gasteiger partial charge in [0.25, 0.3) is 5.91 Å². The van der Waals surface area contributed by atoms with Gasteiger partial charge >= 0.3 is 20.1 Å². The highest BCUT2D eigenvalue weighted by atomic mass is 35.5. The first kappa shape index (κ1) is 48.1. The van der Waals surface area contributed by atoms with Crippen molar-refractivity contribution in [3.63, 3.8) is 0 Å². The molecule has 0 N–H and O–H groups in total. The van der Waals surface area contributed by atoms with Gasteiger partial charge in [-0.25, -0.2) is 9.80 Å². The summed E-state index contributed by atoms with van der Waals surface area (Å²) in [4.78, 5) is 69.6. The van der Waals surface area contributed by atoms with E-state index in [1.54, 1.807) is 58.1 Å². The van der Waals surface area contributed by atoms with Crippen LogP contribution >= 0.6 is 35.1 Å². The van der Waals surface area contributed by atoms with Crippen LogP contribution in [0.1, 0.15) is 54.2 Å². The molecule has 0 spiro atoms.